The van der Waals surface area contributed by atoms with E-state index in [1.165, 1.54) is 20.3 Å². The molecule has 26 heavy (non-hydrogen) atoms. The molecule has 0 heterocycles. The average molecular weight is 372 g/mol. The van der Waals surface area contributed by atoms with Gasteiger partial charge in [0.1, 0.15) is 0 Å². The number of carboxylic acids is 1. The molecule has 0 aromatic carbocycles. The number of esters is 3. The van der Waals surface area contributed by atoms with Gasteiger partial charge in [0.05, 0.1) is 20.8 Å². The highest BCUT2D eigenvalue weighted by Gasteiger charge is 1.91. The maximum atomic E-state index is 10.3. The van der Waals surface area contributed by atoms with Crippen LogP contribution >= 0.6 is 0 Å². The summed E-state index contributed by atoms with van der Waals surface area (Å²) in [5.41, 5.74) is 0. The zero-order valence-electron chi connectivity index (χ0n) is 15.6. The minimum absolute atomic E-state index is 0.330. The fourth-order valence-electron chi connectivity index (χ4n) is 0.543. The van der Waals surface area contributed by atoms with Crippen LogP contribution in [0, 0.1) is 0 Å². The molecule has 0 aromatic heterocycles. The maximum Gasteiger partial charge on any atom is 0.330 e. The third-order valence-corrected chi connectivity index (χ3v) is 1.82. The van der Waals surface area contributed by atoms with Crippen LogP contribution in [0.2, 0.25) is 0 Å². The molecule has 0 aliphatic carbocycles. The van der Waals surface area contributed by atoms with Crippen LogP contribution in [0.3, 0.4) is 0 Å². The van der Waals surface area contributed by atoms with E-state index in [0.717, 1.165) is 31.1 Å². The van der Waals surface area contributed by atoms with E-state index in [9.17, 15) is 19.2 Å². The van der Waals surface area contributed by atoms with E-state index < -0.39 is 17.9 Å². The molecule has 0 saturated heterocycles. The molecule has 0 bridgehead atoms. The van der Waals surface area contributed by atoms with Gasteiger partial charge in [-0.05, 0) is 6.42 Å². The molecule has 0 atom stereocenters. The van der Waals surface area contributed by atoms with Gasteiger partial charge in [0.25, 0.3) is 0 Å². The van der Waals surface area contributed by atoms with E-state index in [4.69, 9.17) is 5.11 Å². The summed E-state index contributed by atoms with van der Waals surface area (Å²) in [6.45, 7) is 15.1. The predicted molar refractivity (Wildman–Crippen MR) is 98.3 cm³/mol. The lowest BCUT2D eigenvalue weighted by Gasteiger charge is -1.97. The Morgan fingerprint density at radius 1 is 0.808 bits per heavy atom. The molecule has 148 valence electrons. The summed E-state index contributed by atoms with van der Waals surface area (Å²) < 4.78 is 13.0. The highest BCUT2D eigenvalue weighted by atomic mass is 16.5. The SMILES string of the molecule is C=CC(=O)O.C=CC(=O)OC.C=CC(=O)OC.C=CC(=O)OCCCC. The van der Waals surface area contributed by atoms with Gasteiger partial charge < -0.3 is 19.3 Å². The van der Waals surface area contributed by atoms with Gasteiger partial charge in [-0.15, -0.1) is 0 Å². The van der Waals surface area contributed by atoms with Crippen molar-refractivity contribution >= 4 is 23.9 Å². The Bertz CT molecular complexity index is 432. The van der Waals surface area contributed by atoms with Crippen molar-refractivity contribution in [3.8, 4) is 0 Å². The van der Waals surface area contributed by atoms with Crippen molar-refractivity contribution in [3.05, 3.63) is 50.6 Å². The number of methoxy groups -OCH3 is 2. The number of carbonyl (C=O) groups is 4. The second-order valence-corrected chi connectivity index (χ2v) is 3.72. The largest absolute Gasteiger partial charge is 0.478 e. The van der Waals surface area contributed by atoms with E-state index in [1.54, 1.807) is 0 Å². The number of unbranched alkanes of at least 4 members (excludes halogenated alkanes) is 1. The number of carboxylic acid groups (broad SMARTS) is 1. The van der Waals surface area contributed by atoms with Gasteiger partial charge >= 0.3 is 23.9 Å². The molecule has 0 rings (SSSR count). The van der Waals surface area contributed by atoms with Gasteiger partial charge in [0.2, 0.25) is 0 Å². The summed E-state index contributed by atoms with van der Waals surface area (Å²) in [6, 6.07) is 0. The lowest BCUT2D eigenvalue weighted by atomic mass is 10.4. The zero-order chi connectivity index (χ0) is 21.4. The summed E-state index contributed by atoms with van der Waals surface area (Å²) in [4.78, 5) is 39.3. The van der Waals surface area contributed by atoms with Gasteiger partial charge in [0.15, 0.2) is 0 Å². The van der Waals surface area contributed by atoms with Crippen LogP contribution in [-0.4, -0.2) is 49.8 Å². The number of carbonyl (C=O) groups excluding carboxylic acids is 3. The first kappa shape index (κ1) is 30.7. The standard InChI is InChI=1S/C7H12O2.2C4H6O2.C3H4O2/c1-3-5-6-9-7(8)4-2;2*1-3-4(5)6-2;1-2-3(4)5/h4H,2-3,5-6H2,1H3;2*3H,1H2,2H3;2H,1H2,(H,4,5). The van der Waals surface area contributed by atoms with Gasteiger partial charge in [-0.3, -0.25) is 0 Å². The van der Waals surface area contributed by atoms with Crippen LogP contribution in [0.25, 0.3) is 0 Å². The van der Waals surface area contributed by atoms with Crippen molar-refractivity contribution in [2.75, 3.05) is 20.8 Å². The molecule has 0 aromatic rings. The topological polar surface area (TPSA) is 116 Å². The van der Waals surface area contributed by atoms with Crippen LogP contribution < -0.4 is 0 Å². The molecule has 0 fully saturated rings. The van der Waals surface area contributed by atoms with Crippen LogP contribution in [0.5, 0.6) is 0 Å². The van der Waals surface area contributed by atoms with E-state index in [-0.39, 0.29) is 5.97 Å². The van der Waals surface area contributed by atoms with Gasteiger partial charge in [-0.25, -0.2) is 19.2 Å². The maximum absolute atomic E-state index is 10.3. The molecular weight excluding hydrogens is 344 g/mol. The van der Waals surface area contributed by atoms with Gasteiger partial charge in [0, 0.05) is 24.3 Å². The molecular formula is C18H28O8. The van der Waals surface area contributed by atoms with Crippen LogP contribution in [0.15, 0.2) is 50.6 Å². The molecule has 0 aliphatic heterocycles. The minimum atomic E-state index is -0.981. The first-order chi connectivity index (χ1) is 12.2. The smallest absolute Gasteiger partial charge is 0.330 e. The highest BCUT2D eigenvalue weighted by Crippen LogP contribution is 1.88. The predicted octanol–water partition coefficient (Wildman–Crippen LogP) is 2.46. The van der Waals surface area contributed by atoms with Crippen molar-refractivity contribution in [3.63, 3.8) is 0 Å². The fourth-order valence-corrected chi connectivity index (χ4v) is 0.543. The summed E-state index contributed by atoms with van der Waals surface area (Å²) >= 11 is 0. The third kappa shape index (κ3) is 42.8. The van der Waals surface area contributed by atoms with Crippen LogP contribution in [-0.2, 0) is 33.4 Å². The second kappa shape index (κ2) is 26.7. The number of hydrogen-bond donors (Lipinski definition) is 1. The van der Waals surface area contributed by atoms with E-state index in [1.807, 2.05) is 6.92 Å². The normalized spacial score (nSPS) is 7.35. The van der Waals surface area contributed by atoms with E-state index in [0.29, 0.717) is 6.61 Å². The van der Waals surface area contributed by atoms with E-state index >= 15 is 0 Å². The second-order valence-electron chi connectivity index (χ2n) is 3.72. The van der Waals surface area contributed by atoms with Crippen molar-refractivity contribution < 1.29 is 38.5 Å². The molecule has 0 spiro atoms. The number of aliphatic carboxylic acids is 1. The van der Waals surface area contributed by atoms with Gasteiger partial charge in [-0.2, -0.15) is 0 Å². The minimum Gasteiger partial charge on any atom is -0.478 e. The molecule has 0 radical (unpaired) electrons. The number of hydrogen-bond acceptors (Lipinski definition) is 7. The van der Waals surface area contributed by atoms with E-state index in [2.05, 4.69) is 40.5 Å². The number of ether oxygens (including phenoxy) is 3. The summed E-state index contributed by atoms with van der Waals surface area (Å²) in [6.07, 6.45) is 6.21. The Labute approximate surface area is 154 Å². The first-order valence-electron chi connectivity index (χ1n) is 7.25. The van der Waals surface area contributed by atoms with Crippen LogP contribution in [0.4, 0.5) is 0 Å². The quantitative estimate of drug-likeness (QED) is 0.313. The lowest BCUT2D eigenvalue weighted by molar-refractivity contribution is -0.138. The Kier molecular flexibility index (Phi) is 31.5. The monoisotopic (exact) mass is 372 g/mol. The molecule has 0 amide bonds. The first-order valence-corrected chi connectivity index (χ1v) is 7.25. The van der Waals surface area contributed by atoms with Crippen molar-refractivity contribution in [1.29, 1.82) is 0 Å². The molecule has 1 N–H and O–H groups in total. The molecule has 0 aliphatic rings. The molecule has 0 unspecified atom stereocenters. The number of rotatable bonds is 7. The molecule has 0 saturated carbocycles. The van der Waals surface area contributed by atoms with Crippen LogP contribution in [0.1, 0.15) is 19.8 Å². The lowest BCUT2D eigenvalue weighted by Crippen LogP contribution is -2.00. The Balaban J connectivity index is -0.000000128. The fraction of sp³-hybridized carbons (Fsp3) is 0.333. The molecule has 8 heteroatoms. The summed E-state index contributed by atoms with van der Waals surface area (Å²) in [7, 11) is 2.62. The summed E-state index contributed by atoms with van der Waals surface area (Å²) in [5.74, 6) is -2.10. The third-order valence-electron chi connectivity index (χ3n) is 1.82. The molecule has 8 nitrogen and oxygen atoms in total. The zero-order valence-corrected chi connectivity index (χ0v) is 15.6. The Morgan fingerprint density at radius 3 is 1.31 bits per heavy atom. The van der Waals surface area contributed by atoms with Gasteiger partial charge in [-0.1, -0.05) is 39.7 Å². The Morgan fingerprint density at radius 2 is 1.15 bits per heavy atom. The Hall–Kier alpha value is -3.16. The highest BCUT2D eigenvalue weighted by molar-refractivity contribution is 5.81. The van der Waals surface area contributed by atoms with Crippen molar-refractivity contribution in [2.24, 2.45) is 0 Å². The summed E-state index contributed by atoms with van der Waals surface area (Å²) in [5, 5.41) is 7.60. The van der Waals surface area contributed by atoms with Crippen molar-refractivity contribution in [1.82, 2.24) is 0 Å². The average Bonchev–Trinajstić information content (AvgIpc) is 2.67. The van der Waals surface area contributed by atoms with Crippen molar-refractivity contribution in [2.45, 2.75) is 19.8 Å².